The molecule has 2 aliphatic rings. The van der Waals surface area contributed by atoms with Crippen molar-refractivity contribution in [3.8, 4) is 17.2 Å². The number of methoxy groups -OCH3 is 1. The molecule has 1 saturated heterocycles. The maximum absolute atomic E-state index is 13.9. The number of aromatic hydroxyl groups is 1. The number of aliphatic hydroxyl groups excluding tert-OH is 1. The number of ether oxygens (including phenoxy) is 3. The number of phenols is 1. The molecule has 1 aliphatic carbocycles. The van der Waals surface area contributed by atoms with Crippen LogP contribution in [0.1, 0.15) is 70.0 Å². The number of hydrogen-bond donors (Lipinski definition) is 7. The molecule has 2 unspecified atom stereocenters. The summed E-state index contributed by atoms with van der Waals surface area (Å²) < 4.78 is 17.3. The topological polar surface area (TPSA) is 212 Å². The molecule has 1 aromatic heterocycles. The van der Waals surface area contributed by atoms with Gasteiger partial charge in [-0.15, -0.1) is 0 Å². The molecule has 7 N–H and O–H groups in total. The number of carbonyl (C=O) groups excluding carboxylic acids is 3. The molecule has 0 radical (unpaired) electrons. The van der Waals surface area contributed by atoms with Crippen LogP contribution in [0.2, 0.25) is 0 Å². The number of H-pyrrole nitrogens is 1. The Morgan fingerprint density at radius 3 is 2.31 bits per heavy atom. The van der Waals surface area contributed by atoms with Crippen LogP contribution < -0.4 is 31.0 Å². The van der Waals surface area contributed by atoms with Gasteiger partial charge in [0.05, 0.1) is 25.3 Å². The zero-order valence-electron chi connectivity index (χ0n) is 37.9. The molecule has 6 aromatic rings. The van der Waals surface area contributed by atoms with Gasteiger partial charge in [-0.25, -0.2) is 4.79 Å². The molecule has 354 valence electrons. The van der Waals surface area contributed by atoms with E-state index >= 15 is 0 Å². The van der Waals surface area contributed by atoms with Crippen LogP contribution in [0, 0.1) is 5.92 Å². The van der Waals surface area contributed by atoms with Crippen molar-refractivity contribution in [3.63, 3.8) is 0 Å². The second kappa shape index (κ2) is 21.7. The van der Waals surface area contributed by atoms with E-state index in [-0.39, 0.29) is 72.0 Å². The number of esters is 1. The molecular weight excluding hydrogens is 867 g/mol. The van der Waals surface area contributed by atoms with Crippen molar-refractivity contribution >= 4 is 28.7 Å². The summed E-state index contributed by atoms with van der Waals surface area (Å²) >= 11 is 0. The lowest BCUT2D eigenvalue weighted by Gasteiger charge is -2.36. The second-order valence-electron chi connectivity index (χ2n) is 17.6. The number of nitrogens with one attached hydrogen (secondary N) is 4. The van der Waals surface area contributed by atoms with Gasteiger partial charge in [0.1, 0.15) is 17.2 Å². The highest BCUT2D eigenvalue weighted by molar-refractivity contribution is 5.95. The van der Waals surface area contributed by atoms with Gasteiger partial charge >= 0.3 is 5.97 Å². The number of piperidine rings is 1. The molecule has 2 atom stereocenters. The highest BCUT2D eigenvalue weighted by Gasteiger charge is 2.42. The van der Waals surface area contributed by atoms with Crippen LogP contribution >= 0.6 is 0 Å². The molecule has 5 aromatic carbocycles. The van der Waals surface area contributed by atoms with Crippen molar-refractivity contribution < 1.29 is 43.9 Å². The van der Waals surface area contributed by atoms with E-state index in [0.717, 1.165) is 38.0 Å². The number of carbonyl (C=O) groups is 3. The van der Waals surface area contributed by atoms with Gasteiger partial charge in [-0.3, -0.25) is 19.3 Å². The van der Waals surface area contributed by atoms with Crippen molar-refractivity contribution in [1.29, 1.82) is 0 Å². The Labute approximate surface area is 394 Å². The highest BCUT2D eigenvalue weighted by atomic mass is 16.6. The van der Waals surface area contributed by atoms with E-state index in [1.807, 2.05) is 18.2 Å². The van der Waals surface area contributed by atoms with E-state index in [0.29, 0.717) is 53.0 Å². The summed E-state index contributed by atoms with van der Waals surface area (Å²) in [5.74, 6) is -0.554. The summed E-state index contributed by atoms with van der Waals surface area (Å²) in [5, 5.41) is 43.0. The number of amides is 2. The number of phenolic OH excluding ortho intramolecular Hbond substituents is 1. The lowest BCUT2D eigenvalue weighted by molar-refractivity contribution is -0.164. The average Bonchev–Trinajstić information content (AvgIpc) is 3.35. The molecule has 68 heavy (non-hydrogen) atoms. The normalized spacial score (nSPS) is 17.6. The Balaban J connectivity index is 0.782. The molecule has 0 spiro atoms. The number of aromatic nitrogens is 1. The van der Waals surface area contributed by atoms with Crippen LogP contribution in [-0.4, -0.2) is 95.0 Å². The summed E-state index contributed by atoms with van der Waals surface area (Å²) in [6, 6.07) is 36.2. The van der Waals surface area contributed by atoms with Crippen LogP contribution in [-0.2, 0) is 33.0 Å². The van der Waals surface area contributed by atoms with Crippen molar-refractivity contribution in [2.24, 2.45) is 5.92 Å². The molecule has 2 heterocycles. The first-order valence-electron chi connectivity index (χ1n) is 22.9. The van der Waals surface area contributed by atoms with E-state index in [1.165, 1.54) is 24.8 Å². The predicted molar refractivity (Wildman–Crippen MR) is 255 cm³/mol. The first-order chi connectivity index (χ1) is 33.0. The first-order valence-corrected chi connectivity index (χ1v) is 22.9. The van der Waals surface area contributed by atoms with Gasteiger partial charge in [-0.1, -0.05) is 84.9 Å². The van der Waals surface area contributed by atoms with Gasteiger partial charge in [0.15, 0.2) is 6.61 Å². The standard InChI is InChI=1S/C53H57N5O10/c1-66-47-25-36(15-16-37(47)29-54-30-46(60)43-17-19-45(59)50-44(43)18-20-48(61)57-50)51(63)56-41-27-40(28-41)55-49(62)33-67-42-14-8-13-39(26-42)53(65,38-11-6-3-7-12-38)52(64)68-32-35-21-23-58(24-22-35)31-34-9-4-2-5-10-34/h2-20,25-26,35,40-41,46,54,59-60,65H,21-24,27-33H2,1H3,(H,55,62)(H,56,63)(H,57,61). The van der Waals surface area contributed by atoms with Gasteiger partial charge in [0, 0.05) is 59.9 Å². The fourth-order valence-corrected chi connectivity index (χ4v) is 8.92. The third-order valence-electron chi connectivity index (χ3n) is 12.8. The van der Waals surface area contributed by atoms with Gasteiger partial charge in [-0.05, 0) is 97.8 Å². The summed E-state index contributed by atoms with van der Waals surface area (Å²) in [6.07, 6.45) is 1.87. The molecule has 8 rings (SSSR count). The van der Waals surface area contributed by atoms with Crippen molar-refractivity contribution in [3.05, 3.63) is 171 Å². The van der Waals surface area contributed by atoms with E-state index in [4.69, 9.17) is 14.2 Å². The fraction of sp³-hybridized carbons (Fsp3) is 0.321. The van der Waals surface area contributed by atoms with Crippen LogP contribution in [0.4, 0.5) is 0 Å². The smallest absolute Gasteiger partial charge is 0.347 e. The second-order valence-corrected chi connectivity index (χ2v) is 17.6. The summed E-state index contributed by atoms with van der Waals surface area (Å²) in [5.41, 5.74) is 1.36. The minimum Gasteiger partial charge on any atom is -0.506 e. The summed E-state index contributed by atoms with van der Waals surface area (Å²) in [6.45, 7) is 3.05. The number of likely N-dealkylation sites (tertiary alicyclic amines) is 1. The largest absolute Gasteiger partial charge is 0.506 e. The van der Waals surface area contributed by atoms with Crippen LogP contribution in [0.15, 0.2) is 132 Å². The van der Waals surface area contributed by atoms with Crippen LogP contribution in [0.5, 0.6) is 17.2 Å². The SMILES string of the molecule is COc1cc(C(=O)NC2CC(NC(=O)COc3cccc(C(O)(C(=O)OCC4CCN(Cc5ccccc5)CC4)c4ccccc4)c3)C2)ccc1CNCC(O)c1ccc(O)c2[nH]c(=O)ccc12. The van der Waals surface area contributed by atoms with Gasteiger partial charge in [-0.2, -0.15) is 0 Å². The molecule has 1 aliphatic heterocycles. The minimum atomic E-state index is -2.12. The number of hydrogen-bond acceptors (Lipinski definition) is 12. The number of rotatable bonds is 19. The predicted octanol–water partition coefficient (Wildman–Crippen LogP) is 5.21. The monoisotopic (exact) mass is 923 g/mol. The van der Waals surface area contributed by atoms with Crippen molar-refractivity contribution in [2.75, 3.05) is 40.0 Å². The number of benzene rings is 5. The lowest BCUT2D eigenvalue weighted by atomic mass is 9.86. The average molecular weight is 924 g/mol. The number of aliphatic hydroxyl groups is 2. The summed E-state index contributed by atoms with van der Waals surface area (Å²) in [4.78, 5) is 56.8. The Kier molecular flexibility index (Phi) is 15.2. The lowest BCUT2D eigenvalue weighted by Crippen LogP contribution is -2.54. The number of fused-ring (bicyclic) bond motifs is 1. The highest BCUT2D eigenvalue weighted by Crippen LogP contribution is 2.34. The van der Waals surface area contributed by atoms with Gasteiger partial charge in [0.25, 0.3) is 11.8 Å². The van der Waals surface area contributed by atoms with Gasteiger partial charge in [0.2, 0.25) is 11.2 Å². The molecule has 2 amide bonds. The minimum absolute atomic E-state index is 0.0877. The Morgan fingerprint density at radius 1 is 0.838 bits per heavy atom. The van der Waals surface area contributed by atoms with Crippen LogP contribution in [0.3, 0.4) is 0 Å². The zero-order chi connectivity index (χ0) is 47.6. The fourth-order valence-electron chi connectivity index (χ4n) is 8.92. The van der Waals surface area contributed by atoms with E-state index < -0.39 is 17.7 Å². The Morgan fingerprint density at radius 2 is 1.56 bits per heavy atom. The molecule has 0 bridgehead atoms. The maximum atomic E-state index is 13.9. The maximum Gasteiger partial charge on any atom is 0.347 e. The van der Waals surface area contributed by atoms with Gasteiger partial charge < -0.3 is 50.5 Å². The Bertz CT molecular complexity index is 2760. The van der Waals surface area contributed by atoms with Crippen LogP contribution in [0.25, 0.3) is 10.9 Å². The van der Waals surface area contributed by atoms with E-state index in [1.54, 1.807) is 84.9 Å². The zero-order valence-corrected chi connectivity index (χ0v) is 37.9. The van der Waals surface area contributed by atoms with Crippen molar-refractivity contribution in [2.45, 2.75) is 62.6 Å². The third kappa shape index (κ3) is 11.4. The first kappa shape index (κ1) is 47.5. The number of pyridine rings is 1. The van der Waals surface area contributed by atoms with E-state index in [9.17, 15) is 34.5 Å². The molecule has 2 fully saturated rings. The molecule has 15 nitrogen and oxygen atoms in total. The number of aromatic amines is 1. The quantitative estimate of drug-likeness (QED) is 0.0522. The molecule has 15 heteroatoms. The third-order valence-corrected chi connectivity index (χ3v) is 12.8. The Hall–Kier alpha value is -7.04. The number of nitrogens with zero attached hydrogens (tertiary/aromatic N) is 1. The summed E-state index contributed by atoms with van der Waals surface area (Å²) in [7, 11) is 1.51. The molecule has 1 saturated carbocycles. The van der Waals surface area contributed by atoms with Crippen molar-refractivity contribution in [1.82, 2.24) is 25.8 Å². The molecular formula is C53H57N5O10. The van der Waals surface area contributed by atoms with E-state index in [2.05, 4.69) is 38.0 Å².